The Labute approximate surface area is 123 Å². The topological polar surface area (TPSA) is 106 Å². The van der Waals surface area contributed by atoms with Crippen LogP contribution >= 0.6 is 0 Å². The van der Waals surface area contributed by atoms with Crippen molar-refractivity contribution in [3.8, 4) is 17.3 Å². The summed E-state index contributed by atoms with van der Waals surface area (Å²) in [4.78, 5) is 12.9. The molecule has 1 amide bonds. The number of carbonyl (C=O) groups is 1. The second kappa shape index (κ2) is 5.64. The van der Waals surface area contributed by atoms with E-state index in [-0.39, 0.29) is 18.1 Å². The lowest BCUT2D eigenvalue weighted by atomic mass is 10.3. The monoisotopic (exact) mass is 303 g/mol. The van der Waals surface area contributed by atoms with E-state index in [0.717, 1.165) is 4.80 Å². The first-order valence-electron chi connectivity index (χ1n) is 6.22. The number of nitrogens with one attached hydrogen (secondary N) is 1. The summed E-state index contributed by atoms with van der Waals surface area (Å²) in [6.45, 7) is -0.261. The van der Waals surface area contributed by atoms with Crippen LogP contribution in [0.2, 0.25) is 0 Å². The average Bonchev–Trinajstić information content (AvgIpc) is 3.14. The summed E-state index contributed by atoms with van der Waals surface area (Å²) in [5.41, 5.74) is -0.128. The first-order valence-corrected chi connectivity index (χ1v) is 6.22. The van der Waals surface area contributed by atoms with E-state index in [9.17, 15) is 14.3 Å². The number of halogens is 1. The Bertz CT molecular complexity index is 800. The van der Waals surface area contributed by atoms with Crippen LogP contribution in [-0.2, 0) is 11.3 Å². The number of hydrogen-bond acceptors (Lipinski definition) is 6. The van der Waals surface area contributed by atoms with Crippen LogP contribution in [0, 0.1) is 5.82 Å². The van der Waals surface area contributed by atoms with Crippen LogP contribution in [-0.4, -0.2) is 31.2 Å². The van der Waals surface area contributed by atoms with E-state index in [2.05, 4.69) is 20.7 Å². The third-order valence-electron chi connectivity index (χ3n) is 2.73. The maximum atomic E-state index is 13.6. The predicted molar refractivity (Wildman–Crippen MR) is 72.2 cm³/mol. The summed E-state index contributed by atoms with van der Waals surface area (Å²) in [5.74, 6) is -1.35. The molecule has 2 N–H and O–H groups in total. The smallest absolute Gasteiger partial charge is 0.248 e. The number of furan rings is 1. The highest BCUT2D eigenvalue weighted by Crippen LogP contribution is 2.22. The van der Waals surface area contributed by atoms with E-state index in [1.807, 2.05) is 0 Å². The van der Waals surface area contributed by atoms with E-state index in [4.69, 9.17) is 4.42 Å². The molecule has 9 heteroatoms. The largest absolute Gasteiger partial charge is 0.505 e. The minimum absolute atomic E-state index is 0.128. The zero-order valence-electron chi connectivity index (χ0n) is 11.1. The molecule has 112 valence electrons. The van der Waals surface area contributed by atoms with Gasteiger partial charge < -0.3 is 14.8 Å². The van der Waals surface area contributed by atoms with Crippen molar-refractivity contribution in [1.29, 1.82) is 0 Å². The fraction of sp³-hybridized carbons (Fsp3) is 0.0769. The molecular weight excluding hydrogens is 293 g/mol. The lowest BCUT2D eigenvalue weighted by molar-refractivity contribution is -0.117. The molecule has 2 aromatic heterocycles. The Morgan fingerprint density at radius 2 is 2.23 bits per heavy atom. The number of anilines is 1. The summed E-state index contributed by atoms with van der Waals surface area (Å²) in [6, 6.07) is 7.25. The summed E-state index contributed by atoms with van der Waals surface area (Å²) in [5, 5.41) is 23.0. The van der Waals surface area contributed by atoms with Gasteiger partial charge in [0, 0.05) is 0 Å². The van der Waals surface area contributed by atoms with Crippen molar-refractivity contribution >= 4 is 11.6 Å². The maximum absolute atomic E-state index is 13.6. The lowest BCUT2D eigenvalue weighted by Crippen LogP contribution is -2.21. The Morgan fingerprint density at radius 1 is 1.36 bits per heavy atom. The Hall–Kier alpha value is -3.23. The van der Waals surface area contributed by atoms with E-state index in [0.29, 0.717) is 5.76 Å². The summed E-state index contributed by atoms with van der Waals surface area (Å²) in [7, 11) is 0. The number of phenols is 1. The van der Waals surface area contributed by atoms with Gasteiger partial charge in [0.05, 0.1) is 12.0 Å². The molecule has 22 heavy (non-hydrogen) atoms. The number of tetrazole rings is 1. The summed E-state index contributed by atoms with van der Waals surface area (Å²) >= 11 is 0. The fourth-order valence-electron chi connectivity index (χ4n) is 1.75. The van der Waals surface area contributed by atoms with Crippen molar-refractivity contribution in [2.75, 3.05) is 5.32 Å². The van der Waals surface area contributed by atoms with E-state index in [1.165, 1.54) is 24.5 Å². The first kappa shape index (κ1) is 13.7. The lowest BCUT2D eigenvalue weighted by Gasteiger charge is -2.06. The molecule has 0 saturated carbocycles. The molecule has 2 heterocycles. The Morgan fingerprint density at radius 3 is 3.00 bits per heavy atom. The van der Waals surface area contributed by atoms with Crippen molar-refractivity contribution in [3.63, 3.8) is 0 Å². The van der Waals surface area contributed by atoms with Crippen LogP contribution in [0.25, 0.3) is 11.6 Å². The van der Waals surface area contributed by atoms with E-state index < -0.39 is 17.5 Å². The van der Waals surface area contributed by atoms with Crippen LogP contribution < -0.4 is 5.32 Å². The molecule has 0 aliphatic carbocycles. The van der Waals surface area contributed by atoms with Crippen molar-refractivity contribution < 1.29 is 18.7 Å². The number of hydrogen-bond donors (Lipinski definition) is 2. The number of nitrogens with zero attached hydrogens (tertiary/aromatic N) is 4. The second-order valence-corrected chi connectivity index (χ2v) is 4.31. The number of aromatic hydroxyl groups is 1. The van der Waals surface area contributed by atoms with Crippen molar-refractivity contribution in [2.45, 2.75) is 6.54 Å². The molecule has 0 unspecified atom stereocenters. The van der Waals surface area contributed by atoms with Gasteiger partial charge >= 0.3 is 0 Å². The van der Waals surface area contributed by atoms with Crippen LogP contribution in [0.3, 0.4) is 0 Å². The molecule has 8 nitrogen and oxygen atoms in total. The number of benzene rings is 1. The number of rotatable bonds is 4. The molecule has 0 radical (unpaired) electrons. The highest BCUT2D eigenvalue weighted by molar-refractivity contribution is 5.90. The number of amides is 1. The molecule has 0 saturated heterocycles. The van der Waals surface area contributed by atoms with Gasteiger partial charge in [-0.25, -0.2) is 4.39 Å². The molecule has 0 fully saturated rings. The average molecular weight is 303 g/mol. The standard InChI is InChI=1S/C13H10FN5O3/c14-12-8(3-1-4-9(12)20)15-11(21)7-19-17-13(16-18-19)10-5-2-6-22-10/h1-6,20H,7H2,(H,15,21). The summed E-state index contributed by atoms with van der Waals surface area (Å²) < 4.78 is 18.7. The van der Waals surface area contributed by atoms with Crippen LogP contribution in [0.4, 0.5) is 10.1 Å². The third-order valence-corrected chi connectivity index (χ3v) is 2.73. The fourth-order valence-corrected chi connectivity index (χ4v) is 1.75. The molecule has 0 spiro atoms. The van der Waals surface area contributed by atoms with Gasteiger partial charge in [-0.15, -0.1) is 10.2 Å². The number of phenolic OH excluding ortho intramolecular Hbond substituents is 1. The molecule has 0 bridgehead atoms. The van der Waals surface area contributed by atoms with Crippen molar-refractivity contribution in [2.24, 2.45) is 0 Å². The third kappa shape index (κ3) is 2.77. The van der Waals surface area contributed by atoms with Crippen LogP contribution in [0.1, 0.15) is 0 Å². The van der Waals surface area contributed by atoms with Crippen molar-refractivity contribution in [3.05, 3.63) is 42.4 Å². The maximum Gasteiger partial charge on any atom is 0.248 e. The minimum atomic E-state index is -0.904. The quantitative estimate of drug-likeness (QED) is 0.755. The predicted octanol–water partition coefficient (Wildman–Crippen LogP) is 1.42. The highest BCUT2D eigenvalue weighted by atomic mass is 19.1. The van der Waals surface area contributed by atoms with Crippen molar-refractivity contribution in [1.82, 2.24) is 20.2 Å². The van der Waals surface area contributed by atoms with Crippen LogP contribution in [0.15, 0.2) is 41.0 Å². The number of carbonyl (C=O) groups excluding carboxylic acids is 1. The first-order chi connectivity index (χ1) is 10.6. The Balaban J connectivity index is 1.68. The molecule has 3 rings (SSSR count). The zero-order chi connectivity index (χ0) is 15.5. The normalized spacial score (nSPS) is 10.6. The SMILES string of the molecule is O=C(Cn1nnc(-c2ccco2)n1)Nc1cccc(O)c1F. The van der Waals surface area contributed by atoms with Gasteiger partial charge in [-0.2, -0.15) is 4.80 Å². The molecule has 1 aromatic carbocycles. The second-order valence-electron chi connectivity index (χ2n) is 4.31. The summed E-state index contributed by atoms with van der Waals surface area (Å²) in [6.07, 6.45) is 1.47. The molecule has 0 aliphatic heterocycles. The van der Waals surface area contributed by atoms with Gasteiger partial charge in [0.25, 0.3) is 0 Å². The molecule has 0 aliphatic rings. The van der Waals surface area contributed by atoms with Crippen LogP contribution in [0.5, 0.6) is 5.75 Å². The van der Waals surface area contributed by atoms with Gasteiger partial charge in [0.15, 0.2) is 17.3 Å². The molecular formula is C13H10FN5O3. The van der Waals surface area contributed by atoms with E-state index >= 15 is 0 Å². The minimum Gasteiger partial charge on any atom is -0.505 e. The highest BCUT2D eigenvalue weighted by Gasteiger charge is 2.13. The zero-order valence-corrected chi connectivity index (χ0v) is 11.1. The Kier molecular flexibility index (Phi) is 3.52. The van der Waals surface area contributed by atoms with Gasteiger partial charge in [0.2, 0.25) is 11.7 Å². The van der Waals surface area contributed by atoms with Gasteiger partial charge in [-0.1, -0.05) is 6.07 Å². The van der Waals surface area contributed by atoms with Gasteiger partial charge in [-0.3, -0.25) is 4.79 Å². The van der Waals surface area contributed by atoms with Gasteiger partial charge in [0.1, 0.15) is 6.54 Å². The van der Waals surface area contributed by atoms with E-state index in [1.54, 1.807) is 12.1 Å². The molecule has 0 atom stereocenters. The van der Waals surface area contributed by atoms with Gasteiger partial charge in [-0.05, 0) is 29.5 Å². The number of aromatic nitrogens is 4. The molecule has 3 aromatic rings.